The Morgan fingerprint density at radius 1 is 1.36 bits per heavy atom. The van der Waals surface area contributed by atoms with E-state index >= 15 is 0 Å². The molecule has 1 aromatic rings. The highest BCUT2D eigenvalue weighted by atomic mass is 16.5. The molecule has 0 bridgehead atoms. The molecule has 6 heteroatoms. The van der Waals surface area contributed by atoms with Crippen LogP contribution in [0.25, 0.3) is 0 Å². The van der Waals surface area contributed by atoms with Gasteiger partial charge in [-0.1, -0.05) is 38.2 Å². The summed E-state index contributed by atoms with van der Waals surface area (Å²) in [6.07, 6.45) is 8.08. The molecule has 1 atom stereocenters. The number of rotatable bonds is 6. The smallest absolute Gasteiger partial charge is 0.249 e. The fourth-order valence-electron chi connectivity index (χ4n) is 3.68. The number of amides is 2. The fraction of sp³-hybridized carbons (Fsp3) is 0.526. The number of hydrogen-bond acceptors (Lipinski definition) is 4. The van der Waals surface area contributed by atoms with Crippen LogP contribution in [0.1, 0.15) is 60.4 Å². The number of carbonyl (C=O) groups excluding carboxylic acids is 2. The zero-order valence-electron chi connectivity index (χ0n) is 14.8. The van der Waals surface area contributed by atoms with Gasteiger partial charge < -0.3 is 10.5 Å². The molecule has 134 valence electrons. The molecule has 0 aromatic heterocycles. The predicted molar refractivity (Wildman–Crippen MR) is 93.8 cm³/mol. The van der Waals surface area contributed by atoms with Gasteiger partial charge >= 0.3 is 0 Å². The quantitative estimate of drug-likeness (QED) is 0.634. The maximum absolute atomic E-state index is 12.9. The van der Waals surface area contributed by atoms with E-state index in [1.165, 1.54) is 20.6 Å². The lowest BCUT2D eigenvalue weighted by Gasteiger charge is -2.28. The van der Waals surface area contributed by atoms with Crippen molar-refractivity contribution in [2.75, 3.05) is 14.2 Å². The van der Waals surface area contributed by atoms with Gasteiger partial charge in [0.1, 0.15) is 5.75 Å². The van der Waals surface area contributed by atoms with Gasteiger partial charge in [-0.2, -0.15) is 5.26 Å². The monoisotopic (exact) mass is 343 g/mol. The molecule has 2 amide bonds. The molecule has 25 heavy (non-hydrogen) atoms. The summed E-state index contributed by atoms with van der Waals surface area (Å²) in [5.41, 5.74) is 6.31. The number of hydrogen-bond donors (Lipinski definition) is 1. The highest BCUT2D eigenvalue weighted by molar-refractivity contribution is 5.98. The summed E-state index contributed by atoms with van der Waals surface area (Å²) in [6, 6.07) is 5.00. The van der Waals surface area contributed by atoms with Crippen molar-refractivity contribution in [3.63, 3.8) is 0 Å². The van der Waals surface area contributed by atoms with Crippen molar-refractivity contribution < 1.29 is 14.3 Å². The van der Waals surface area contributed by atoms with E-state index in [1.807, 2.05) is 6.19 Å². The third-order valence-corrected chi connectivity index (χ3v) is 4.97. The van der Waals surface area contributed by atoms with Gasteiger partial charge in [-0.15, -0.1) is 0 Å². The molecule has 0 unspecified atom stereocenters. The minimum atomic E-state index is -0.619. The van der Waals surface area contributed by atoms with E-state index in [4.69, 9.17) is 15.7 Å². The Bertz CT molecular complexity index is 675. The Labute approximate surface area is 148 Å². The second kappa shape index (κ2) is 8.52. The second-order valence-electron chi connectivity index (χ2n) is 6.58. The first-order valence-electron chi connectivity index (χ1n) is 8.63. The molecular formula is C19H25N3O3. The molecule has 0 aliphatic heterocycles. The molecular weight excluding hydrogens is 318 g/mol. The minimum Gasteiger partial charge on any atom is -0.496 e. The van der Waals surface area contributed by atoms with Crippen LogP contribution in [-0.4, -0.2) is 30.9 Å². The van der Waals surface area contributed by atoms with Gasteiger partial charge in [0.2, 0.25) is 11.8 Å². The topological polar surface area (TPSA) is 96.4 Å². The van der Waals surface area contributed by atoms with Crippen LogP contribution >= 0.6 is 0 Å². The number of likely N-dealkylation sites (N-methyl/N-ethyl adjacent to an activating group) is 1. The summed E-state index contributed by atoms with van der Waals surface area (Å²) in [7, 11) is 2.94. The van der Waals surface area contributed by atoms with E-state index < -0.39 is 11.8 Å². The summed E-state index contributed by atoms with van der Waals surface area (Å²) in [4.78, 5) is 25.8. The van der Waals surface area contributed by atoms with Crippen molar-refractivity contribution in [2.24, 2.45) is 11.7 Å². The van der Waals surface area contributed by atoms with Crippen molar-refractivity contribution in [2.45, 2.75) is 44.4 Å². The number of ether oxygens (including phenoxy) is 1. The van der Waals surface area contributed by atoms with Crippen LogP contribution < -0.4 is 10.5 Å². The summed E-state index contributed by atoms with van der Waals surface area (Å²) < 4.78 is 5.41. The van der Waals surface area contributed by atoms with Gasteiger partial charge in [-0.25, -0.2) is 0 Å². The SMILES string of the molecule is COc1cccc(C(N)=O)c1[C@H](CC1CCCCC1)C(=O)N(C)C#N. The van der Waals surface area contributed by atoms with Crippen LogP contribution in [0.5, 0.6) is 5.75 Å². The minimum absolute atomic E-state index is 0.278. The molecule has 2 rings (SSSR count). The highest BCUT2D eigenvalue weighted by Gasteiger charge is 2.33. The molecule has 2 N–H and O–H groups in total. The van der Waals surface area contributed by atoms with Crippen LogP contribution in [0.3, 0.4) is 0 Å². The third kappa shape index (κ3) is 4.30. The zero-order valence-corrected chi connectivity index (χ0v) is 14.8. The van der Waals surface area contributed by atoms with Crippen molar-refractivity contribution in [1.29, 1.82) is 5.26 Å². The van der Waals surface area contributed by atoms with Gasteiger partial charge in [0.25, 0.3) is 0 Å². The van der Waals surface area contributed by atoms with Gasteiger partial charge in [-0.3, -0.25) is 14.5 Å². The van der Waals surface area contributed by atoms with Crippen LogP contribution in [0, 0.1) is 17.4 Å². The lowest BCUT2D eigenvalue weighted by molar-refractivity contribution is -0.129. The summed E-state index contributed by atoms with van der Waals surface area (Å²) >= 11 is 0. The largest absolute Gasteiger partial charge is 0.496 e. The molecule has 0 saturated heterocycles. The van der Waals surface area contributed by atoms with E-state index in [0.29, 0.717) is 23.7 Å². The van der Waals surface area contributed by atoms with Crippen LogP contribution in [0.2, 0.25) is 0 Å². The van der Waals surface area contributed by atoms with Crippen molar-refractivity contribution >= 4 is 11.8 Å². The van der Waals surface area contributed by atoms with Gasteiger partial charge in [0.05, 0.1) is 13.0 Å². The summed E-state index contributed by atoms with van der Waals surface area (Å²) in [5, 5.41) is 9.14. The molecule has 1 fully saturated rings. The number of nitrogens with two attached hydrogens (primary N) is 1. The molecule has 1 aliphatic carbocycles. The van der Waals surface area contributed by atoms with Crippen LogP contribution in [0.15, 0.2) is 18.2 Å². The average Bonchev–Trinajstić information content (AvgIpc) is 2.65. The molecule has 0 radical (unpaired) electrons. The predicted octanol–water partition coefficient (Wildman–Crippen LogP) is 2.79. The molecule has 0 spiro atoms. The van der Waals surface area contributed by atoms with Gasteiger partial charge in [0.15, 0.2) is 6.19 Å². The average molecular weight is 343 g/mol. The zero-order chi connectivity index (χ0) is 18.4. The normalized spacial score (nSPS) is 15.9. The number of nitrogens with zero attached hydrogens (tertiary/aromatic N) is 2. The lowest BCUT2D eigenvalue weighted by atomic mass is 9.78. The number of nitriles is 1. The highest BCUT2D eigenvalue weighted by Crippen LogP contribution is 2.39. The third-order valence-electron chi connectivity index (χ3n) is 4.97. The van der Waals surface area contributed by atoms with E-state index in [-0.39, 0.29) is 11.5 Å². The first-order valence-corrected chi connectivity index (χ1v) is 8.63. The molecule has 6 nitrogen and oxygen atoms in total. The summed E-state index contributed by atoms with van der Waals surface area (Å²) in [6.45, 7) is 0. The number of benzene rings is 1. The van der Waals surface area contributed by atoms with E-state index in [9.17, 15) is 9.59 Å². The Morgan fingerprint density at radius 2 is 2.04 bits per heavy atom. The lowest BCUT2D eigenvalue weighted by Crippen LogP contribution is -2.31. The molecule has 1 aromatic carbocycles. The second-order valence-corrected chi connectivity index (χ2v) is 6.58. The fourth-order valence-corrected chi connectivity index (χ4v) is 3.68. The van der Waals surface area contributed by atoms with Gasteiger partial charge in [0, 0.05) is 18.2 Å². The molecule has 1 saturated carbocycles. The Hall–Kier alpha value is -2.55. The first-order chi connectivity index (χ1) is 12.0. The molecule has 1 aliphatic rings. The standard InChI is InChI=1S/C19H25N3O3/c1-22(12-20)19(24)15(11-13-7-4-3-5-8-13)17-14(18(21)23)9-6-10-16(17)25-2/h6,9-10,13,15H,3-5,7-8,11H2,1-2H3,(H2,21,23)/t15-/m0/s1. The maximum Gasteiger partial charge on any atom is 0.249 e. The Morgan fingerprint density at radius 3 is 2.60 bits per heavy atom. The van der Waals surface area contributed by atoms with Crippen LogP contribution in [0.4, 0.5) is 0 Å². The number of methoxy groups -OCH3 is 1. The van der Waals surface area contributed by atoms with E-state index in [1.54, 1.807) is 18.2 Å². The maximum atomic E-state index is 12.9. The van der Waals surface area contributed by atoms with E-state index in [0.717, 1.165) is 30.6 Å². The van der Waals surface area contributed by atoms with Gasteiger partial charge in [-0.05, 0) is 24.5 Å². The van der Waals surface area contributed by atoms with Crippen molar-refractivity contribution in [1.82, 2.24) is 4.90 Å². The molecule has 0 heterocycles. The van der Waals surface area contributed by atoms with Crippen molar-refractivity contribution in [3.8, 4) is 11.9 Å². The number of carbonyl (C=O) groups is 2. The number of primary amides is 1. The first kappa shape index (κ1) is 18.8. The Kier molecular flexibility index (Phi) is 6.40. The van der Waals surface area contributed by atoms with Crippen molar-refractivity contribution in [3.05, 3.63) is 29.3 Å². The van der Waals surface area contributed by atoms with E-state index in [2.05, 4.69) is 0 Å². The van der Waals surface area contributed by atoms with Crippen LogP contribution in [-0.2, 0) is 4.79 Å². The Balaban J connectivity index is 2.49. The summed E-state index contributed by atoms with van der Waals surface area (Å²) in [5.74, 6) is -0.710.